The van der Waals surface area contributed by atoms with Crippen molar-refractivity contribution in [3.05, 3.63) is 89.6 Å². The molecule has 3 aromatic rings. The van der Waals surface area contributed by atoms with Crippen LogP contribution in [0.25, 0.3) is 0 Å². The lowest BCUT2D eigenvalue weighted by Gasteiger charge is -2.09. The monoisotopic (exact) mass is 411 g/mol. The fourth-order valence-electron chi connectivity index (χ4n) is 2.56. The maximum atomic E-state index is 12.3. The van der Waals surface area contributed by atoms with Gasteiger partial charge in [-0.25, -0.2) is 13.4 Å². The van der Waals surface area contributed by atoms with E-state index in [9.17, 15) is 13.2 Å². The van der Waals surface area contributed by atoms with Crippen LogP contribution in [-0.2, 0) is 23.2 Å². The number of hydrogen-bond donors (Lipinski definition) is 2. The van der Waals surface area contributed by atoms with Crippen molar-refractivity contribution in [3.8, 4) is 5.88 Å². The van der Waals surface area contributed by atoms with Gasteiger partial charge >= 0.3 is 0 Å². The van der Waals surface area contributed by atoms with E-state index in [0.717, 1.165) is 17.4 Å². The van der Waals surface area contributed by atoms with Gasteiger partial charge in [0.15, 0.2) is 0 Å². The average molecular weight is 411 g/mol. The quantitative estimate of drug-likeness (QED) is 0.594. The molecular formula is C21H21N3O4S. The molecule has 2 aromatic carbocycles. The molecule has 150 valence electrons. The fraction of sp³-hybridized carbons (Fsp3) is 0.143. The Labute approximate surface area is 169 Å². The van der Waals surface area contributed by atoms with Gasteiger partial charge in [-0.1, -0.05) is 30.3 Å². The summed E-state index contributed by atoms with van der Waals surface area (Å²) in [4.78, 5) is 16.5. The molecule has 1 amide bonds. The highest BCUT2D eigenvalue weighted by Gasteiger charge is 2.08. The van der Waals surface area contributed by atoms with Crippen molar-refractivity contribution in [2.45, 2.75) is 13.2 Å². The second kappa shape index (κ2) is 9.20. The van der Waals surface area contributed by atoms with Crippen LogP contribution in [0.5, 0.6) is 5.88 Å². The molecule has 1 heterocycles. The third kappa shape index (κ3) is 6.62. The van der Waals surface area contributed by atoms with Gasteiger partial charge in [0.25, 0.3) is 5.91 Å². The maximum absolute atomic E-state index is 12.3. The molecule has 0 aliphatic carbocycles. The van der Waals surface area contributed by atoms with Gasteiger partial charge in [0, 0.05) is 30.1 Å². The Morgan fingerprint density at radius 1 is 1.00 bits per heavy atom. The zero-order valence-corrected chi connectivity index (χ0v) is 16.6. The standard InChI is InChI=1S/C21H21N3O4S/c1-29(26,27)24-19-9-7-18(8-10-19)21(25)23-14-17-11-12-22-20(13-17)28-15-16-5-3-2-4-6-16/h2-13,24H,14-15H2,1H3,(H,23,25). The summed E-state index contributed by atoms with van der Waals surface area (Å²) in [5, 5.41) is 2.82. The smallest absolute Gasteiger partial charge is 0.251 e. The van der Waals surface area contributed by atoms with Crippen molar-refractivity contribution >= 4 is 21.6 Å². The lowest BCUT2D eigenvalue weighted by molar-refractivity contribution is 0.0951. The van der Waals surface area contributed by atoms with E-state index in [0.29, 0.717) is 30.3 Å². The summed E-state index contributed by atoms with van der Waals surface area (Å²) in [7, 11) is -3.35. The molecule has 8 heteroatoms. The SMILES string of the molecule is CS(=O)(=O)Nc1ccc(C(=O)NCc2ccnc(OCc3ccccc3)c2)cc1. The van der Waals surface area contributed by atoms with Crippen LogP contribution < -0.4 is 14.8 Å². The van der Waals surface area contributed by atoms with Crippen LogP contribution in [0, 0.1) is 0 Å². The van der Waals surface area contributed by atoms with Crippen molar-refractivity contribution < 1.29 is 17.9 Å². The summed E-state index contributed by atoms with van der Waals surface area (Å²) in [6.45, 7) is 0.726. The molecule has 0 fully saturated rings. The number of carbonyl (C=O) groups is 1. The number of pyridine rings is 1. The Morgan fingerprint density at radius 2 is 1.72 bits per heavy atom. The van der Waals surface area contributed by atoms with E-state index in [4.69, 9.17) is 4.74 Å². The van der Waals surface area contributed by atoms with Crippen LogP contribution >= 0.6 is 0 Å². The number of sulfonamides is 1. The molecule has 0 atom stereocenters. The molecule has 7 nitrogen and oxygen atoms in total. The van der Waals surface area contributed by atoms with Crippen LogP contribution in [0.1, 0.15) is 21.5 Å². The number of benzene rings is 2. The molecule has 2 N–H and O–H groups in total. The van der Waals surface area contributed by atoms with Gasteiger partial charge < -0.3 is 10.1 Å². The number of anilines is 1. The van der Waals surface area contributed by atoms with Crippen molar-refractivity contribution in [2.75, 3.05) is 11.0 Å². The Kier molecular flexibility index (Phi) is 6.46. The van der Waals surface area contributed by atoms with Gasteiger partial charge in [-0.15, -0.1) is 0 Å². The van der Waals surface area contributed by atoms with Gasteiger partial charge in [-0.3, -0.25) is 9.52 Å². The van der Waals surface area contributed by atoms with Gasteiger partial charge in [0.05, 0.1) is 6.26 Å². The third-order valence-electron chi connectivity index (χ3n) is 3.93. The van der Waals surface area contributed by atoms with Crippen molar-refractivity contribution in [2.24, 2.45) is 0 Å². The average Bonchev–Trinajstić information content (AvgIpc) is 2.71. The lowest BCUT2D eigenvalue weighted by atomic mass is 10.2. The second-order valence-electron chi connectivity index (χ2n) is 6.41. The van der Waals surface area contributed by atoms with E-state index >= 15 is 0 Å². The molecule has 0 saturated heterocycles. The number of hydrogen-bond acceptors (Lipinski definition) is 5. The molecular weight excluding hydrogens is 390 g/mol. The number of nitrogens with zero attached hydrogens (tertiary/aromatic N) is 1. The van der Waals surface area contributed by atoms with Gasteiger partial charge in [-0.05, 0) is 41.5 Å². The summed E-state index contributed by atoms with van der Waals surface area (Å²) in [5.41, 5.74) is 2.73. The Balaban J connectivity index is 1.54. The fourth-order valence-corrected chi connectivity index (χ4v) is 3.12. The van der Waals surface area contributed by atoms with E-state index in [1.807, 2.05) is 30.3 Å². The summed E-state index contributed by atoms with van der Waals surface area (Å²) in [6.07, 6.45) is 2.70. The van der Waals surface area contributed by atoms with Gasteiger partial charge in [-0.2, -0.15) is 0 Å². The summed E-state index contributed by atoms with van der Waals surface area (Å²) in [5.74, 6) is 0.219. The molecule has 0 spiro atoms. The molecule has 3 rings (SSSR count). The molecule has 0 aliphatic heterocycles. The first-order valence-corrected chi connectivity index (χ1v) is 10.8. The Hall–Kier alpha value is -3.39. The lowest BCUT2D eigenvalue weighted by Crippen LogP contribution is -2.22. The number of carbonyl (C=O) groups excluding carboxylic acids is 1. The topological polar surface area (TPSA) is 97.4 Å². The highest BCUT2D eigenvalue weighted by molar-refractivity contribution is 7.92. The predicted octanol–water partition coefficient (Wildman–Crippen LogP) is 2.96. The normalized spacial score (nSPS) is 10.9. The first kappa shape index (κ1) is 20.3. The summed E-state index contributed by atoms with van der Waals surface area (Å²) < 4.78 is 30.5. The zero-order chi connectivity index (χ0) is 20.7. The molecule has 0 aliphatic rings. The molecule has 29 heavy (non-hydrogen) atoms. The summed E-state index contributed by atoms with van der Waals surface area (Å²) in [6, 6.07) is 19.6. The molecule has 0 radical (unpaired) electrons. The number of ether oxygens (including phenoxy) is 1. The Morgan fingerprint density at radius 3 is 2.41 bits per heavy atom. The van der Waals surface area contributed by atoms with E-state index in [1.165, 1.54) is 12.1 Å². The van der Waals surface area contributed by atoms with Crippen molar-refractivity contribution in [1.29, 1.82) is 0 Å². The minimum absolute atomic E-state index is 0.264. The first-order valence-electron chi connectivity index (χ1n) is 8.87. The van der Waals surface area contributed by atoms with E-state index in [2.05, 4.69) is 15.0 Å². The van der Waals surface area contributed by atoms with Crippen LogP contribution in [-0.4, -0.2) is 25.6 Å². The predicted molar refractivity (Wildman–Crippen MR) is 111 cm³/mol. The largest absolute Gasteiger partial charge is 0.473 e. The van der Waals surface area contributed by atoms with Crippen molar-refractivity contribution in [1.82, 2.24) is 10.3 Å². The van der Waals surface area contributed by atoms with Crippen LogP contribution in [0.3, 0.4) is 0 Å². The maximum Gasteiger partial charge on any atom is 0.251 e. The minimum Gasteiger partial charge on any atom is -0.473 e. The van der Waals surface area contributed by atoms with E-state index in [1.54, 1.807) is 30.5 Å². The Bertz CT molecular complexity index is 1070. The van der Waals surface area contributed by atoms with Crippen LogP contribution in [0.2, 0.25) is 0 Å². The van der Waals surface area contributed by atoms with Crippen LogP contribution in [0.4, 0.5) is 5.69 Å². The minimum atomic E-state index is -3.35. The first-order chi connectivity index (χ1) is 13.9. The number of amides is 1. The number of aromatic nitrogens is 1. The highest BCUT2D eigenvalue weighted by atomic mass is 32.2. The number of rotatable bonds is 8. The van der Waals surface area contributed by atoms with Gasteiger partial charge in [0.2, 0.25) is 15.9 Å². The summed E-state index contributed by atoms with van der Waals surface area (Å²) >= 11 is 0. The molecule has 0 saturated carbocycles. The van der Waals surface area contributed by atoms with Gasteiger partial charge in [0.1, 0.15) is 6.61 Å². The van der Waals surface area contributed by atoms with E-state index < -0.39 is 10.0 Å². The third-order valence-corrected chi connectivity index (χ3v) is 4.54. The zero-order valence-electron chi connectivity index (χ0n) is 15.8. The molecule has 0 unspecified atom stereocenters. The second-order valence-corrected chi connectivity index (χ2v) is 8.16. The van der Waals surface area contributed by atoms with E-state index in [-0.39, 0.29) is 5.91 Å². The number of nitrogens with one attached hydrogen (secondary N) is 2. The molecule has 0 bridgehead atoms. The van der Waals surface area contributed by atoms with Crippen molar-refractivity contribution in [3.63, 3.8) is 0 Å². The van der Waals surface area contributed by atoms with Crippen LogP contribution in [0.15, 0.2) is 72.9 Å². The molecule has 1 aromatic heterocycles. The highest BCUT2D eigenvalue weighted by Crippen LogP contribution is 2.13.